The van der Waals surface area contributed by atoms with Crippen LogP contribution >= 0.6 is 0 Å². The van der Waals surface area contributed by atoms with Gasteiger partial charge >= 0.3 is 12.2 Å². The highest BCUT2D eigenvalue weighted by atomic mass is 19.4. The molecule has 0 aliphatic carbocycles. The third-order valence-corrected chi connectivity index (χ3v) is 2.33. The Balaban J connectivity index is 2.76. The van der Waals surface area contributed by atoms with Crippen molar-refractivity contribution >= 4 is 6.01 Å². The van der Waals surface area contributed by atoms with Crippen molar-refractivity contribution in [2.24, 2.45) is 0 Å². The van der Waals surface area contributed by atoms with Crippen LogP contribution in [-0.4, -0.2) is 36.0 Å². The number of aromatic nitrogens is 2. The number of nitrogens with zero attached hydrogens (tertiary/aromatic N) is 3. The number of nitrogens with one attached hydrogen (secondary N) is 1. The molecule has 0 aliphatic heterocycles. The highest BCUT2D eigenvalue weighted by molar-refractivity contribution is 5.24. The van der Waals surface area contributed by atoms with E-state index in [9.17, 15) is 13.2 Å². The lowest BCUT2D eigenvalue weighted by Crippen LogP contribution is -2.34. The van der Waals surface area contributed by atoms with Gasteiger partial charge in [-0.3, -0.25) is 0 Å². The van der Waals surface area contributed by atoms with Crippen molar-refractivity contribution in [2.75, 3.05) is 24.5 Å². The summed E-state index contributed by atoms with van der Waals surface area (Å²) >= 11 is 0. The van der Waals surface area contributed by atoms with E-state index < -0.39 is 12.7 Å². The van der Waals surface area contributed by atoms with Gasteiger partial charge in [0.1, 0.15) is 6.54 Å². The summed E-state index contributed by atoms with van der Waals surface area (Å²) in [5, 5.41) is 10.4. The van der Waals surface area contributed by atoms with Crippen molar-refractivity contribution in [1.82, 2.24) is 15.5 Å². The molecule has 0 saturated heterocycles. The maximum atomic E-state index is 12.3. The van der Waals surface area contributed by atoms with Crippen LogP contribution in [0.5, 0.6) is 0 Å². The molecule has 0 amide bonds. The molecule has 0 aromatic carbocycles. The second-order valence-corrected chi connectivity index (χ2v) is 3.83. The normalized spacial score (nSPS) is 13.7. The van der Waals surface area contributed by atoms with Gasteiger partial charge in [0.15, 0.2) is 0 Å². The summed E-state index contributed by atoms with van der Waals surface area (Å²) in [6.45, 7) is 5.08. The first-order valence-corrected chi connectivity index (χ1v) is 5.75. The summed E-state index contributed by atoms with van der Waals surface area (Å²) in [6, 6.07) is -0.282. The standard InChI is InChI=1S/C10H17F3N4O/c1-4-14-7(3)8-15-16-9(18-8)17(5-2)6-10(11,12)13/h7,14H,4-6H2,1-3H3. The fourth-order valence-electron chi connectivity index (χ4n) is 1.45. The van der Waals surface area contributed by atoms with E-state index in [-0.39, 0.29) is 24.5 Å². The molecule has 0 spiro atoms. The van der Waals surface area contributed by atoms with Gasteiger partial charge in [0.2, 0.25) is 5.89 Å². The van der Waals surface area contributed by atoms with E-state index in [1.54, 1.807) is 13.8 Å². The van der Waals surface area contributed by atoms with Crippen LogP contribution in [0.1, 0.15) is 32.7 Å². The third-order valence-electron chi connectivity index (χ3n) is 2.33. The Hall–Kier alpha value is -1.31. The average Bonchev–Trinajstić information content (AvgIpc) is 2.74. The summed E-state index contributed by atoms with van der Waals surface area (Å²) in [5.74, 6) is 0.285. The van der Waals surface area contributed by atoms with Crippen LogP contribution in [0.3, 0.4) is 0 Å². The van der Waals surface area contributed by atoms with E-state index in [4.69, 9.17) is 4.42 Å². The molecular formula is C10H17F3N4O. The van der Waals surface area contributed by atoms with Crippen molar-refractivity contribution in [2.45, 2.75) is 33.0 Å². The fraction of sp³-hybridized carbons (Fsp3) is 0.800. The molecule has 1 aromatic heterocycles. The molecule has 1 aromatic rings. The lowest BCUT2D eigenvalue weighted by molar-refractivity contribution is -0.120. The summed E-state index contributed by atoms with van der Waals surface area (Å²) in [5.41, 5.74) is 0. The molecule has 1 unspecified atom stereocenters. The minimum atomic E-state index is -4.29. The lowest BCUT2D eigenvalue weighted by Gasteiger charge is -2.19. The number of halogens is 3. The fourth-order valence-corrected chi connectivity index (χ4v) is 1.45. The highest BCUT2D eigenvalue weighted by Crippen LogP contribution is 2.22. The van der Waals surface area contributed by atoms with E-state index in [0.717, 1.165) is 4.90 Å². The second-order valence-electron chi connectivity index (χ2n) is 3.83. The van der Waals surface area contributed by atoms with Crippen LogP contribution in [0.2, 0.25) is 0 Å². The van der Waals surface area contributed by atoms with Crippen LogP contribution in [0.15, 0.2) is 4.42 Å². The first-order chi connectivity index (χ1) is 8.37. The van der Waals surface area contributed by atoms with Crippen molar-refractivity contribution in [1.29, 1.82) is 0 Å². The molecule has 1 N–H and O–H groups in total. The van der Waals surface area contributed by atoms with Gasteiger partial charge in [0.05, 0.1) is 6.04 Å². The van der Waals surface area contributed by atoms with Crippen molar-refractivity contribution in [3.8, 4) is 0 Å². The summed E-state index contributed by atoms with van der Waals surface area (Å²) in [4.78, 5) is 0.995. The Bertz CT molecular complexity index is 366. The largest absolute Gasteiger partial charge is 0.406 e. The molecule has 8 heteroatoms. The van der Waals surface area contributed by atoms with E-state index in [2.05, 4.69) is 15.5 Å². The predicted molar refractivity (Wildman–Crippen MR) is 60.3 cm³/mol. The van der Waals surface area contributed by atoms with Crippen LogP contribution in [0, 0.1) is 0 Å². The summed E-state index contributed by atoms with van der Waals surface area (Å²) < 4.78 is 42.2. The highest BCUT2D eigenvalue weighted by Gasteiger charge is 2.32. The first kappa shape index (κ1) is 14.7. The molecule has 0 aliphatic rings. The zero-order chi connectivity index (χ0) is 13.8. The zero-order valence-electron chi connectivity index (χ0n) is 10.6. The second kappa shape index (κ2) is 6.03. The van der Waals surface area contributed by atoms with Crippen LogP contribution in [0.4, 0.5) is 19.2 Å². The summed E-state index contributed by atoms with van der Waals surface area (Å²) in [6.07, 6.45) is -4.29. The Labute approximate surface area is 103 Å². The first-order valence-electron chi connectivity index (χ1n) is 5.75. The maximum absolute atomic E-state index is 12.3. The monoisotopic (exact) mass is 266 g/mol. The van der Waals surface area contributed by atoms with E-state index in [1.807, 2.05) is 6.92 Å². The molecule has 1 heterocycles. The van der Waals surface area contributed by atoms with E-state index >= 15 is 0 Å². The molecule has 0 radical (unpaired) electrons. The average molecular weight is 266 g/mol. The minimum Gasteiger partial charge on any atom is -0.406 e. The molecule has 104 valence electrons. The molecule has 18 heavy (non-hydrogen) atoms. The van der Waals surface area contributed by atoms with Crippen LogP contribution in [-0.2, 0) is 0 Å². The van der Waals surface area contributed by atoms with Crippen molar-refractivity contribution < 1.29 is 17.6 Å². The van der Waals surface area contributed by atoms with Crippen molar-refractivity contribution in [3.63, 3.8) is 0 Å². The van der Waals surface area contributed by atoms with Gasteiger partial charge in [0, 0.05) is 6.54 Å². The van der Waals surface area contributed by atoms with Gasteiger partial charge in [-0.15, -0.1) is 5.10 Å². The predicted octanol–water partition coefficient (Wildman–Crippen LogP) is 2.13. The number of hydrogen-bond acceptors (Lipinski definition) is 5. The Morgan fingerprint density at radius 3 is 2.50 bits per heavy atom. The summed E-state index contributed by atoms with van der Waals surface area (Å²) in [7, 11) is 0. The van der Waals surface area contributed by atoms with E-state index in [0.29, 0.717) is 6.54 Å². The maximum Gasteiger partial charge on any atom is 0.406 e. The molecule has 1 rings (SSSR count). The minimum absolute atomic E-state index is 0.102. The Kier molecular flexibility index (Phi) is 4.94. The molecule has 0 fully saturated rings. The quantitative estimate of drug-likeness (QED) is 0.854. The lowest BCUT2D eigenvalue weighted by atomic mass is 10.3. The number of anilines is 1. The van der Waals surface area contributed by atoms with E-state index in [1.165, 1.54) is 0 Å². The molecule has 5 nitrogen and oxygen atoms in total. The molecule has 0 bridgehead atoms. The van der Waals surface area contributed by atoms with Gasteiger partial charge in [-0.25, -0.2) is 0 Å². The topological polar surface area (TPSA) is 54.2 Å². The van der Waals surface area contributed by atoms with Gasteiger partial charge in [-0.1, -0.05) is 12.0 Å². The number of alkyl halides is 3. The molecule has 0 saturated carbocycles. The van der Waals surface area contributed by atoms with Crippen LogP contribution in [0.25, 0.3) is 0 Å². The third kappa shape index (κ3) is 4.17. The smallest absolute Gasteiger partial charge is 0.406 e. The Morgan fingerprint density at radius 1 is 1.33 bits per heavy atom. The zero-order valence-corrected chi connectivity index (χ0v) is 10.6. The van der Waals surface area contributed by atoms with Gasteiger partial charge in [-0.2, -0.15) is 13.2 Å². The number of hydrogen-bond donors (Lipinski definition) is 1. The SMILES string of the molecule is CCNC(C)c1nnc(N(CC)CC(F)(F)F)o1. The van der Waals surface area contributed by atoms with Crippen LogP contribution < -0.4 is 10.2 Å². The van der Waals surface area contributed by atoms with Gasteiger partial charge in [-0.05, 0) is 20.4 Å². The Morgan fingerprint density at radius 2 is 2.00 bits per heavy atom. The molecule has 1 atom stereocenters. The molecular weight excluding hydrogens is 249 g/mol. The van der Waals surface area contributed by atoms with Gasteiger partial charge < -0.3 is 14.6 Å². The number of rotatable bonds is 6. The van der Waals surface area contributed by atoms with Crippen molar-refractivity contribution in [3.05, 3.63) is 5.89 Å². The van der Waals surface area contributed by atoms with Gasteiger partial charge in [0.25, 0.3) is 0 Å².